The Morgan fingerprint density at radius 2 is 0.809 bits per heavy atom. The van der Waals surface area contributed by atoms with Crippen LogP contribution in [0.4, 0.5) is 0 Å². The molecule has 0 aliphatic carbocycles. The highest BCUT2D eigenvalue weighted by atomic mass is 16.6. The van der Waals surface area contributed by atoms with Gasteiger partial charge in [-0.25, -0.2) is 0 Å². The monoisotopic (exact) mass is 965 g/mol. The molecule has 0 bridgehead atoms. The Morgan fingerprint density at radius 3 is 1.10 bits per heavy atom. The summed E-state index contributed by atoms with van der Waals surface area (Å²) in [6, 6.07) is 0. The molecule has 0 amide bonds. The van der Waals surface area contributed by atoms with E-state index in [1.54, 1.807) is 0 Å². The summed E-state index contributed by atoms with van der Waals surface area (Å²) in [4.78, 5) is 35.9. The summed E-state index contributed by atoms with van der Waals surface area (Å²) >= 11 is 0. The summed E-state index contributed by atoms with van der Waals surface area (Å²) in [7, 11) is 0. The molecule has 1 rings (SSSR count). The fraction of sp³-hybridized carbons (Fsp3) is 0.914. The zero-order valence-corrected chi connectivity index (χ0v) is 44.0. The van der Waals surface area contributed by atoms with Gasteiger partial charge in [0.15, 0.2) is 6.10 Å². The molecule has 0 aromatic carbocycles. The fourth-order valence-electron chi connectivity index (χ4n) is 10.2. The average molecular weight is 965 g/mol. The second kappa shape index (κ2) is 46.1. The van der Waals surface area contributed by atoms with Crippen LogP contribution in [0.3, 0.4) is 0 Å². The topological polar surface area (TPSA) is 171 Å². The molecule has 68 heavy (non-hydrogen) atoms. The van der Waals surface area contributed by atoms with Gasteiger partial charge in [-0.05, 0) is 57.8 Å². The van der Waals surface area contributed by atoms with Gasteiger partial charge >= 0.3 is 17.9 Å². The summed E-state index contributed by atoms with van der Waals surface area (Å²) in [6.07, 6.45) is 50.1. The number of hydrogen-bond acceptors (Lipinski definition) is 8. The van der Waals surface area contributed by atoms with Crippen LogP contribution in [0, 0.1) is 5.41 Å². The van der Waals surface area contributed by atoms with Crippen molar-refractivity contribution in [2.24, 2.45) is 5.41 Å². The quantitative estimate of drug-likeness (QED) is 0.0225. The molecule has 5 N–H and O–H groups in total. The molecule has 5 atom stereocenters. The molecule has 0 aromatic rings. The first-order valence-corrected chi connectivity index (χ1v) is 29.0. The van der Waals surface area contributed by atoms with E-state index in [9.17, 15) is 29.7 Å². The number of unbranched alkanes of at least 4 members (excludes halogenated alkanes) is 36. The molecular weight excluding hydrogens is 857 g/mol. The molecule has 0 saturated carbocycles. The second-order valence-electron chi connectivity index (χ2n) is 20.9. The fourth-order valence-corrected chi connectivity index (χ4v) is 10.2. The average Bonchev–Trinajstić information content (AvgIpc) is 3.66. The van der Waals surface area contributed by atoms with E-state index in [0.717, 1.165) is 128 Å². The van der Waals surface area contributed by atoms with Gasteiger partial charge in [-0.15, -0.1) is 0 Å². The number of carboxylic acids is 2. The van der Waals surface area contributed by atoms with Gasteiger partial charge in [-0.3, -0.25) is 14.4 Å². The lowest BCUT2D eigenvalue weighted by Crippen LogP contribution is -2.46. The number of esters is 1. The van der Waals surface area contributed by atoms with Gasteiger partial charge in [0.1, 0.15) is 18.3 Å². The predicted molar refractivity (Wildman–Crippen MR) is 279 cm³/mol. The highest BCUT2D eigenvalue weighted by Gasteiger charge is 2.45. The lowest BCUT2D eigenvalue weighted by atomic mass is 9.73. The summed E-state index contributed by atoms with van der Waals surface area (Å²) in [5.74, 6) is -1.66. The number of hydrogen-bond donors (Lipinski definition) is 5. The van der Waals surface area contributed by atoms with E-state index in [4.69, 9.17) is 19.7 Å². The number of carboxylic acid groups (broad SMARTS) is 2. The number of carbonyl (C=O) groups excluding carboxylic acids is 1. The predicted octanol–water partition coefficient (Wildman–Crippen LogP) is 15.3. The minimum Gasteiger partial charge on any atom is -0.481 e. The summed E-state index contributed by atoms with van der Waals surface area (Å²) in [5.41, 5.74) is -0.649. The van der Waals surface area contributed by atoms with Crippen LogP contribution in [0.5, 0.6) is 0 Å². The van der Waals surface area contributed by atoms with Crippen molar-refractivity contribution < 1.29 is 49.4 Å². The van der Waals surface area contributed by atoms with Crippen LogP contribution in [0.1, 0.15) is 296 Å². The third-order valence-corrected chi connectivity index (χ3v) is 14.7. The minimum absolute atomic E-state index is 0.0463. The van der Waals surface area contributed by atoms with Gasteiger partial charge in [0.05, 0.1) is 18.6 Å². The molecule has 1 fully saturated rings. The molecule has 1 aliphatic heterocycles. The minimum atomic E-state index is -1.21. The molecular formula is C58H108O10. The van der Waals surface area contributed by atoms with E-state index in [1.165, 1.54) is 148 Å². The van der Waals surface area contributed by atoms with Crippen LogP contribution < -0.4 is 0 Å². The molecule has 0 radical (unpaired) electrons. The lowest BCUT2D eigenvalue weighted by molar-refractivity contribution is -0.176. The number of carbonyl (C=O) groups is 3. The highest BCUT2D eigenvalue weighted by Crippen LogP contribution is 2.40. The Kier molecular flexibility index (Phi) is 43.4. The van der Waals surface area contributed by atoms with Crippen LogP contribution in [0.25, 0.3) is 0 Å². The number of ether oxygens (including phenoxy) is 2. The first-order valence-electron chi connectivity index (χ1n) is 29.0. The van der Waals surface area contributed by atoms with Crippen LogP contribution >= 0.6 is 0 Å². The highest BCUT2D eigenvalue weighted by molar-refractivity contribution is 5.77. The summed E-state index contributed by atoms with van der Waals surface area (Å²) < 4.78 is 11.8. The largest absolute Gasteiger partial charge is 0.481 e. The number of aliphatic hydroxyl groups excluding tert-OH is 3. The summed E-state index contributed by atoms with van der Waals surface area (Å²) in [5, 5.41) is 48.8. The van der Waals surface area contributed by atoms with Gasteiger partial charge in [-0.1, -0.05) is 237 Å². The van der Waals surface area contributed by atoms with Crippen molar-refractivity contribution >= 4 is 17.9 Å². The van der Waals surface area contributed by atoms with Crippen LogP contribution in [-0.4, -0.2) is 81.1 Å². The van der Waals surface area contributed by atoms with E-state index in [-0.39, 0.29) is 25.4 Å². The van der Waals surface area contributed by atoms with E-state index in [2.05, 4.69) is 19.1 Å². The van der Waals surface area contributed by atoms with Gasteiger partial charge in [0.25, 0.3) is 0 Å². The summed E-state index contributed by atoms with van der Waals surface area (Å²) in [6.45, 7) is 1.76. The molecule has 400 valence electrons. The molecule has 1 aliphatic rings. The Labute approximate surface area is 417 Å². The van der Waals surface area contributed by atoms with Gasteiger partial charge in [-0.2, -0.15) is 0 Å². The van der Waals surface area contributed by atoms with Crippen molar-refractivity contribution in [2.75, 3.05) is 13.2 Å². The molecule has 1 unspecified atom stereocenters. The van der Waals surface area contributed by atoms with E-state index >= 15 is 0 Å². The van der Waals surface area contributed by atoms with Crippen molar-refractivity contribution in [1.29, 1.82) is 0 Å². The van der Waals surface area contributed by atoms with Crippen molar-refractivity contribution in [1.82, 2.24) is 0 Å². The van der Waals surface area contributed by atoms with Gasteiger partial charge in [0.2, 0.25) is 0 Å². The normalized spacial score (nSPS) is 17.5. The van der Waals surface area contributed by atoms with Crippen LogP contribution in [0.2, 0.25) is 0 Å². The van der Waals surface area contributed by atoms with Gasteiger partial charge in [0, 0.05) is 12.8 Å². The zero-order valence-electron chi connectivity index (χ0n) is 44.0. The van der Waals surface area contributed by atoms with Crippen LogP contribution in [0.15, 0.2) is 12.2 Å². The second-order valence-corrected chi connectivity index (χ2v) is 20.9. The molecule has 10 heteroatoms. The van der Waals surface area contributed by atoms with E-state index < -0.39 is 48.4 Å². The maximum Gasteiger partial charge on any atom is 0.312 e. The van der Waals surface area contributed by atoms with E-state index in [1.807, 2.05) is 0 Å². The number of aliphatic carboxylic acids is 2. The number of rotatable bonds is 52. The number of aliphatic hydroxyl groups is 3. The Balaban J connectivity index is 2.73. The Morgan fingerprint density at radius 1 is 0.500 bits per heavy atom. The van der Waals surface area contributed by atoms with Crippen molar-refractivity contribution in [2.45, 2.75) is 320 Å². The first-order chi connectivity index (χ1) is 33.2. The SMILES string of the molecule is CCCCCCCCCCCCCCCCC(CCCCCCCCC=CCCCCCCCC(=O)O)(CCCCCCCCCCCCCCCC(=O)O)C(=O)O[C@H](CO)[C@H]1OC[C@H](O)[C@H]1O. The molecule has 10 nitrogen and oxygen atoms in total. The zero-order chi connectivity index (χ0) is 49.6. The molecule has 1 heterocycles. The van der Waals surface area contributed by atoms with Crippen LogP contribution in [-0.2, 0) is 23.9 Å². The maximum atomic E-state index is 14.6. The lowest BCUT2D eigenvalue weighted by Gasteiger charge is -2.35. The standard InChI is InChI=1S/C58H108O10/c1-2-3-4-5-6-7-8-9-16-21-26-31-36-41-46-58(57(66)68-52(49-59)56-55(65)51(60)50-67-56,48-43-38-33-28-23-18-13-15-20-25-30-35-40-45-54(63)64)47-42-37-32-27-22-17-12-10-11-14-19-24-29-34-39-44-53(61)62/h10-11,51-52,55-56,59-60,65H,2-9,12-50H2,1H3,(H,61,62)(H,63,64)/t51-,52+,55+,56+,58?/m0/s1. The maximum absolute atomic E-state index is 14.6. The first kappa shape index (κ1) is 64.0. The van der Waals surface area contributed by atoms with Crippen molar-refractivity contribution in [3.05, 3.63) is 12.2 Å². The number of allylic oxidation sites excluding steroid dienone is 2. The van der Waals surface area contributed by atoms with E-state index in [0.29, 0.717) is 0 Å². The smallest absolute Gasteiger partial charge is 0.312 e. The van der Waals surface area contributed by atoms with Crippen molar-refractivity contribution in [3.63, 3.8) is 0 Å². The Hall–Kier alpha value is -2.01. The third-order valence-electron chi connectivity index (χ3n) is 14.7. The Bertz CT molecular complexity index is 1190. The third kappa shape index (κ3) is 36.0. The molecule has 0 aromatic heterocycles. The molecule has 1 saturated heterocycles. The molecule has 0 spiro atoms. The van der Waals surface area contributed by atoms with Crippen molar-refractivity contribution in [3.8, 4) is 0 Å². The van der Waals surface area contributed by atoms with Gasteiger partial charge < -0.3 is 35.0 Å².